The second kappa shape index (κ2) is 16.2. The van der Waals surface area contributed by atoms with Gasteiger partial charge in [-0.3, -0.25) is 9.97 Å². The Morgan fingerprint density at radius 3 is 1.57 bits per heavy atom. The van der Waals surface area contributed by atoms with Gasteiger partial charge >= 0.3 is 0 Å². The Hall–Kier alpha value is -9.40. The number of benzene rings is 7. The van der Waals surface area contributed by atoms with Gasteiger partial charge in [0.15, 0.2) is 23.1 Å². The normalized spacial score (nSPS) is 11.5. The van der Waals surface area contributed by atoms with Gasteiger partial charge in [-0.25, -0.2) is 19.9 Å². The van der Waals surface area contributed by atoms with Gasteiger partial charge in [0, 0.05) is 91.0 Å². The summed E-state index contributed by atoms with van der Waals surface area (Å²) < 4.78 is 9.25. The van der Waals surface area contributed by atoms with E-state index in [0.717, 1.165) is 88.8 Å². The molecule has 0 radical (unpaired) electrons. The van der Waals surface area contributed by atoms with Crippen LogP contribution in [0.3, 0.4) is 0 Å². The fourth-order valence-corrected chi connectivity index (χ4v) is 9.46. The molecular weight excluding hydrogens is 835 g/mol. The molecule has 8 heteroatoms. The van der Waals surface area contributed by atoms with Crippen LogP contribution in [0.5, 0.6) is 0 Å². The highest BCUT2D eigenvalue weighted by molar-refractivity contribution is 6.19. The SMILES string of the molecule is c1ccc(-c2nc(-c3ccc(-c4ccc5nc(-c6ccccc6)c6oc(-c7cccnc7)c(-c7cccnc7)c6c5c4)cc3)nc(-c3cccc(-n4c5ccccc5c5ccccc54)c3)n2)cc1. The maximum Gasteiger partial charge on any atom is 0.164 e. The first-order chi connectivity index (χ1) is 33.7. The van der Waals surface area contributed by atoms with E-state index in [1.807, 2.05) is 79.1 Å². The van der Waals surface area contributed by atoms with E-state index in [2.05, 4.69) is 148 Å². The van der Waals surface area contributed by atoms with Crippen LogP contribution in [0.2, 0.25) is 0 Å². The van der Waals surface area contributed by atoms with Crippen molar-refractivity contribution in [2.75, 3.05) is 0 Å². The quantitative estimate of drug-likeness (QED) is 0.150. The summed E-state index contributed by atoms with van der Waals surface area (Å²) in [7, 11) is 0. The number of fused-ring (bicyclic) bond motifs is 6. The van der Waals surface area contributed by atoms with Crippen molar-refractivity contribution in [3.63, 3.8) is 0 Å². The molecule has 0 amide bonds. The number of para-hydroxylation sites is 2. The van der Waals surface area contributed by atoms with Crippen molar-refractivity contribution in [2.45, 2.75) is 0 Å². The van der Waals surface area contributed by atoms with Gasteiger partial charge in [0.05, 0.1) is 16.6 Å². The van der Waals surface area contributed by atoms with E-state index in [9.17, 15) is 0 Å². The zero-order valence-corrected chi connectivity index (χ0v) is 36.4. The third-order valence-corrected chi connectivity index (χ3v) is 12.6. The zero-order chi connectivity index (χ0) is 45.0. The summed E-state index contributed by atoms with van der Waals surface area (Å²) in [5, 5.41) is 4.36. The topological polar surface area (TPSA) is 95.4 Å². The second-order valence-electron chi connectivity index (χ2n) is 16.7. The smallest absolute Gasteiger partial charge is 0.164 e. The van der Waals surface area contributed by atoms with Crippen LogP contribution >= 0.6 is 0 Å². The van der Waals surface area contributed by atoms with Crippen molar-refractivity contribution in [2.24, 2.45) is 0 Å². The van der Waals surface area contributed by atoms with Crippen LogP contribution in [0, 0.1) is 0 Å². The van der Waals surface area contributed by atoms with Crippen molar-refractivity contribution >= 4 is 43.7 Å². The molecule has 6 heterocycles. The maximum atomic E-state index is 6.94. The Labute approximate surface area is 390 Å². The van der Waals surface area contributed by atoms with Crippen molar-refractivity contribution in [3.8, 4) is 84.7 Å². The average molecular weight is 872 g/mol. The molecule has 0 atom stereocenters. The summed E-state index contributed by atoms with van der Waals surface area (Å²) in [4.78, 5) is 29.6. The predicted molar refractivity (Wildman–Crippen MR) is 273 cm³/mol. The number of hydrogen-bond donors (Lipinski definition) is 0. The van der Waals surface area contributed by atoms with E-state index in [4.69, 9.17) is 24.4 Å². The predicted octanol–water partition coefficient (Wildman–Crippen LogP) is 14.7. The van der Waals surface area contributed by atoms with Gasteiger partial charge in [-0.1, -0.05) is 146 Å². The second-order valence-corrected chi connectivity index (χ2v) is 16.7. The Kier molecular flexibility index (Phi) is 9.31. The van der Waals surface area contributed by atoms with Crippen molar-refractivity contribution < 1.29 is 4.42 Å². The van der Waals surface area contributed by atoms with Crippen molar-refractivity contribution in [1.82, 2.24) is 34.5 Å². The molecule has 0 unspecified atom stereocenters. The molecule has 0 fully saturated rings. The molecule has 0 aliphatic heterocycles. The number of nitrogens with zero attached hydrogens (tertiary/aromatic N) is 7. The highest BCUT2D eigenvalue weighted by Crippen LogP contribution is 2.47. The third-order valence-electron chi connectivity index (χ3n) is 12.6. The lowest BCUT2D eigenvalue weighted by molar-refractivity contribution is 0.632. The minimum absolute atomic E-state index is 0.586. The molecule has 0 aliphatic rings. The van der Waals surface area contributed by atoms with Gasteiger partial charge in [-0.15, -0.1) is 0 Å². The summed E-state index contributed by atoms with van der Waals surface area (Å²) in [6.45, 7) is 0. The summed E-state index contributed by atoms with van der Waals surface area (Å²) >= 11 is 0. The van der Waals surface area contributed by atoms with Crippen LogP contribution in [-0.4, -0.2) is 34.5 Å². The Bertz CT molecular complexity index is 3950. The summed E-state index contributed by atoms with van der Waals surface area (Å²) in [5.41, 5.74) is 14.1. The zero-order valence-electron chi connectivity index (χ0n) is 36.4. The molecule has 68 heavy (non-hydrogen) atoms. The fourth-order valence-electron chi connectivity index (χ4n) is 9.46. The van der Waals surface area contributed by atoms with E-state index in [0.29, 0.717) is 28.8 Å². The van der Waals surface area contributed by atoms with Crippen LogP contribution in [0.4, 0.5) is 0 Å². The molecule has 0 bridgehead atoms. The minimum Gasteiger partial charge on any atom is -0.453 e. The van der Waals surface area contributed by atoms with Crippen molar-refractivity contribution in [1.29, 1.82) is 0 Å². The molecular formula is C60H37N7O. The highest BCUT2D eigenvalue weighted by atomic mass is 16.3. The number of hydrogen-bond acceptors (Lipinski definition) is 7. The number of pyridine rings is 3. The van der Waals surface area contributed by atoms with Gasteiger partial charge in [0.1, 0.15) is 11.5 Å². The molecule has 0 spiro atoms. The van der Waals surface area contributed by atoms with Crippen LogP contribution in [0.25, 0.3) is 128 Å². The number of aromatic nitrogens is 7. The van der Waals surface area contributed by atoms with Crippen LogP contribution in [0.1, 0.15) is 0 Å². The summed E-state index contributed by atoms with van der Waals surface area (Å²) in [6, 6.07) is 68.7. The van der Waals surface area contributed by atoms with Crippen LogP contribution < -0.4 is 0 Å². The first-order valence-electron chi connectivity index (χ1n) is 22.5. The lowest BCUT2D eigenvalue weighted by Gasteiger charge is -2.12. The largest absolute Gasteiger partial charge is 0.453 e. The lowest BCUT2D eigenvalue weighted by Crippen LogP contribution is -2.01. The van der Waals surface area contributed by atoms with E-state index in [1.54, 1.807) is 12.4 Å². The number of rotatable bonds is 8. The van der Waals surface area contributed by atoms with Gasteiger partial charge in [0.25, 0.3) is 0 Å². The summed E-state index contributed by atoms with van der Waals surface area (Å²) in [6.07, 6.45) is 7.29. The molecule has 13 rings (SSSR count). The van der Waals surface area contributed by atoms with E-state index in [-0.39, 0.29) is 0 Å². The minimum atomic E-state index is 0.586. The molecule has 0 N–H and O–H groups in total. The standard InChI is InChI=1S/C60H37N7O/c1-3-14-39(15-4-1)55-57-54(53(44-19-12-32-61-36-44)56(68-57)45-20-13-33-62-37-45)49-35-42(30-31-50(49)63-55)38-26-28-41(29-27-38)59-64-58(40-16-5-2-6-17-40)65-60(66-59)43-18-11-21-46(34-43)67-51-24-9-7-22-47(51)48-23-8-10-25-52(48)67/h1-37H. The lowest BCUT2D eigenvalue weighted by atomic mass is 9.94. The fraction of sp³-hybridized carbons (Fsp3) is 0. The van der Waals surface area contributed by atoms with Crippen LogP contribution in [0.15, 0.2) is 229 Å². The Balaban J connectivity index is 0.938. The van der Waals surface area contributed by atoms with Crippen molar-refractivity contribution in [3.05, 3.63) is 225 Å². The molecule has 7 aromatic carbocycles. The number of furan rings is 1. The van der Waals surface area contributed by atoms with E-state index >= 15 is 0 Å². The molecule has 0 saturated carbocycles. The van der Waals surface area contributed by atoms with E-state index in [1.165, 1.54) is 10.8 Å². The third kappa shape index (κ3) is 6.70. The van der Waals surface area contributed by atoms with Gasteiger partial charge < -0.3 is 8.98 Å². The molecule has 8 nitrogen and oxygen atoms in total. The highest BCUT2D eigenvalue weighted by Gasteiger charge is 2.25. The molecule has 0 saturated heterocycles. The first kappa shape index (κ1) is 39.0. The molecule has 6 aromatic heterocycles. The van der Waals surface area contributed by atoms with Crippen LogP contribution in [-0.2, 0) is 0 Å². The van der Waals surface area contributed by atoms with Gasteiger partial charge in [-0.05, 0) is 65.7 Å². The Morgan fingerprint density at radius 1 is 0.368 bits per heavy atom. The first-order valence-corrected chi connectivity index (χ1v) is 22.5. The average Bonchev–Trinajstić information content (AvgIpc) is 3.99. The molecule has 13 aromatic rings. The monoisotopic (exact) mass is 871 g/mol. The molecule has 318 valence electrons. The molecule has 0 aliphatic carbocycles. The maximum absolute atomic E-state index is 6.94. The van der Waals surface area contributed by atoms with E-state index < -0.39 is 0 Å². The Morgan fingerprint density at radius 2 is 0.912 bits per heavy atom. The van der Waals surface area contributed by atoms with Gasteiger partial charge in [-0.2, -0.15) is 0 Å². The van der Waals surface area contributed by atoms with Gasteiger partial charge in [0.2, 0.25) is 0 Å². The summed E-state index contributed by atoms with van der Waals surface area (Å²) in [5.74, 6) is 2.50.